The number of hydrogen-bond acceptors (Lipinski definition) is 4. The van der Waals surface area contributed by atoms with E-state index in [2.05, 4.69) is 5.32 Å². The number of amides is 1. The molecule has 0 bridgehead atoms. The van der Waals surface area contributed by atoms with Gasteiger partial charge in [0.25, 0.3) is 0 Å². The van der Waals surface area contributed by atoms with Gasteiger partial charge in [-0.15, -0.1) is 0 Å². The molecule has 1 aromatic rings. The Hall–Kier alpha value is -2.06. The average Bonchev–Trinajstić information content (AvgIpc) is 2.70. The van der Waals surface area contributed by atoms with E-state index in [1.165, 1.54) is 0 Å². The summed E-state index contributed by atoms with van der Waals surface area (Å²) in [4.78, 5) is 12.4. The predicted octanol–water partition coefficient (Wildman–Crippen LogP) is 2.44. The number of nitriles is 1. The van der Waals surface area contributed by atoms with Gasteiger partial charge in [-0.25, -0.2) is 0 Å². The molecule has 2 rings (SSSR count). The number of rotatable bonds is 4. The third-order valence-corrected chi connectivity index (χ3v) is 3.81. The summed E-state index contributed by atoms with van der Waals surface area (Å²) in [7, 11) is 0. The van der Waals surface area contributed by atoms with Gasteiger partial charge in [-0.05, 0) is 25.0 Å². The van der Waals surface area contributed by atoms with Gasteiger partial charge in [0.05, 0.1) is 5.92 Å². The van der Waals surface area contributed by atoms with Crippen LogP contribution < -0.4 is 15.8 Å². The first kappa shape index (κ1) is 15.3. The molecule has 0 radical (unpaired) electrons. The van der Waals surface area contributed by atoms with Gasteiger partial charge in [0, 0.05) is 17.8 Å². The van der Waals surface area contributed by atoms with E-state index >= 15 is 0 Å². The molecule has 1 aliphatic carbocycles. The SMILES string of the molecule is N#CCOc1cccc(NC(=O)C2CCCCCC2N)c1. The maximum atomic E-state index is 12.4. The van der Waals surface area contributed by atoms with Gasteiger partial charge in [-0.2, -0.15) is 5.26 Å². The van der Waals surface area contributed by atoms with Gasteiger partial charge >= 0.3 is 0 Å². The summed E-state index contributed by atoms with van der Waals surface area (Å²) in [5.74, 6) is 0.414. The summed E-state index contributed by atoms with van der Waals surface area (Å²) in [6.45, 7) is -0.00903. The predicted molar refractivity (Wildman–Crippen MR) is 80.7 cm³/mol. The number of nitrogens with one attached hydrogen (secondary N) is 1. The van der Waals surface area contributed by atoms with E-state index in [1.807, 2.05) is 6.07 Å². The van der Waals surface area contributed by atoms with Crippen molar-refractivity contribution in [1.29, 1.82) is 5.26 Å². The Morgan fingerprint density at radius 3 is 3.00 bits per heavy atom. The normalized spacial score (nSPS) is 21.9. The zero-order chi connectivity index (χ0) is 15.1. The number of hydrogen-bond donors (Lipinski definition) is 2. The zero-order valence-electron chi connectivity index (χ0n) is 12.0. The number of benzene rings is 1. The minimum atomic E-state index is -0.129. The molecule has 21 heavy (non-hydrogen) atoms. The Balaban J connectivity index is 1.99. The Labute approximate surface area is 125 Å². The summed E-state index contributed by atoms with van der Waals surface area (Å²) in [5.41, 5.74) is 6.78. The lowest BCUT2D eigenvalue weighted by Gasteiger charge is -2.20. The van der Waals surface area contributed by atoms with Crippen LogP contribution in [0, 0.1) is 17.2 Å². The average molecular weight is 287 g/mol. The minimum Gasteiger partial charge on any atom is -0.479 e. The lowest BCUT2D eigenvalue weighted by atomic mass is 9.94. The van der Waals surface area contributed by atoms with Crippen LogP contribution in [-0.4, -0.2) is 18.6 Å². The van der Waals surface area contributed by atoms with E-state index in [0.29, 0.717) is 11.4 Å². The van der Waals surface area contributed by atoms with E-state index in [0.717, 1.165) is 32.1 Å². The number of nitrogens with two attached hydrogens (primary N) is 1. The van der Waals surface area contributed by atoms with Crippen molar-refractivity contribution in [3.63, 3.8) is 0 Å². The summed E-state index contributed by atoms with van der Waals surface area (Å²) >= 11 is 0. The second kappa shape index (κ2) is 7.65. The van der Waals surface area contributed by atoms with Crippen LogP contribution in [0.2, 0.25) is 0 Å². The van der Waals surface area contributed by atoms with Crippen LogP contribution in [0.4, 0.5) is 5.69 Å². The minimum absolute atomic E-state index is 0.00903. The number of anilines is 1. The Morgan fingerprint density at radius 1 is 1.38 bits per heavy atom. The monoisotopic (exact) mass is 287 g/mol. The van der Waals surface area contributed by atoms with Crippen LogP contribution in [0.25, 0.3) is 0 Å². The van der Waals surface area contributed by atoms with Crippen LogP contribution >= 0.6 is 0 Å². The van der Waals surface area contributed by atoms with Crippen molar-refractivity contribution in [3.8, 4) is 11.8 Å². The first-order valence-electron chi connectivity index (χ1n) is 7.37. The van der Waals surface area contributed by atoms with Gasteiger partial charge in [0.1, 0.15) is 11.8 Å². The van der Waals surface area contributed by atoms with Crippen molar-refractivity contribution in [2.45, 2.75) is 38.1 Å². The fourth-order valence-corrected chi connectivity index (χ4v) is 2.68. The first-order valence-corrected chi connectivity index (χ1v) is 7.37. The Bertz CT molecular complexity index is 524. The summed E-state index contributed by atoms with van der Waals surface area (Å²) in [5, 5.41) is 11.4. The van der Waals surface area contributed by atoms with E-state index in [1.54, 1.807) is 24.3 Å². The molecule has 0 heterocycles. The zero-order valence-corrected chi connectivity index (χ0v) is 12.0. The quantitative estimate of drug-likeness (QED) is 0.832. The summed E-state index contributed by atoms with van der Waals surface area (Å²) in [6, 6.07) is 8.92. The van der Waals surface area contributed by atoms with E-state index in [9.17, 15) is 4.79 Å². The smallest absolute Gasteiger partial charge is 0.229 e. The van der Waals surface area contributed by atoms with Crippen LogP contribution in [0.1, 0.15) is 32.1 Å². The molecule has 1 amide bonds. The molecule has 2 unspecified atom stereocenters. The highest BCUT2D eigenvalue weighted by molar-refractivity contribution is 5.93. The van der Waals surface area contributed by atoms with Crippen molar-refractivity contribution in [2.75, 3.05) is 11.9 Å². The van der Waals surface area contributed by atoms with E-state index in [4.69, 9.17) is 15.7 Å². The standard InChI is InChI=1S/C16H21N3O2/c17-9-10-21-13-6-4-5-12(11-13)19-16(20)14-7-2-1-3-8-15(14)18/h4-6,11,14-15H,1-3,7-8,10,18H2,(H,19,20). The maximum Gasteiger partial charge on any atom is 0.229 e. The molecule has 0 spiro atoms. The van der Waals surface area contributed by atoms with Crippen molar-refractivity contribution in [3.05, 3.63) is 24.3 Å². The van der Waals surface area contributed by atoms with Gasteiger partial charge in [-0.3, -0.25) is 4.79 Å². The van der Waals surface area contributed by atoms with Gasteiger partial charge in [-0.1, -0.05) is 25.3 Å². The van der Waals surface area contributed by atoms with Crippen molar-refractivity contribution < 1.29 is 9.53 Å². The molecule has 1 fully saturated rings. The molecule has 112 valence electrons. The van der Waals surface area contributed by atoms with Gasteiger partial charge in [0.15, 0.2) is 6.61 Å². The topological polar surface area (TPSA) is 88.1 Å². The molecule has 2 atom stereocenters. The highest BCUT2D eigenvalue weighted by atomic mass is 16.5. The number of ether oxygens (including phenoxy) is 1. The molecule has 1 saturated carbocycles. The van der Waals surface area contributed by atoms with Crippen LogP contribution in [0.5, 0.6) is 5.75 Å². The van der Waals surface area contributed by atoms with Crippen molar-refractivity contribution in [2.24, 2.45) is 11.7 Å². The molecule has 0 aliphatic heterocycles. The molecule has 0 aromatic heterocycles. The first-order chi connectivity index (χ1) is 10.2. The summed E-state index contributed by atoms with van der Waals surface area (Å²) < 4.78 is 5.23. The van der Waals surface area contributed by atoms with Gasteiger partial charge < -0.3 is 15.8 Å². The van der Waals surface area contributed by atoms with Crippen molar-refractivity contribution >= 4 is 11.6 Å². The number of nitrogens with zero attached hydrogens (tertiary/aromatic N) is 1. The highest BCUT2D eigenvalue weighted by Crippen LogP contribution is 2.24. The van der Waals surface area contributed by atoms with Crippen LogP contribution in [0.3, 0.4) is 0 Å². The maximum absolute atomic E-state index is 12.4. The molecule has 0 saturated heterocycles. The second-order valence-corrected chi connectivity index (χ2v) is 5.37. The van der Waals surface area contributed by atoms with E-state index < -0.39 is 0 Å². The highest BCUT2D eigenvalue weighted by Gasteiger charge is 2.27. The molecule has 1 aliphatic rings. The second-order valence-electron chi connectivity index (χ2n) is 5.37. The molecule has 3 N–H and O–H groups in total. The van der Waals surface area contributed by atoms with Crippen LogP contribution in [0.15, 0.2) is 24.3 Å². The third kappa shape index (κ3) is 4.47. The molecule has 1 aromatic carbocycles. The Morgan fingerprint density at radius 2 is 2.19 bits per heavy atom. The van der Waals surface area contributed by atoms with E-state index in [-0.39, 0.29) is 24.5 Å². The largest absolute Gasteiger partial charge is 0.479 e. The molecule has 5 nitrogen and oxygen atoms in total. The molecule has 5 heteroatoms. The number of carbonyl (C=O) groups excluding carboxylic acids is 1. The molecular formula is C16H21N3O2. The number of carbonyl (C=O) groups is 1. The lowest BCUT2D eigenvalue weighted by Crippen LogP contribution is -2.37. The Kier molecular flexibility index (Phi) is 5.59. The fraction of sp³-hybridized carbons (Fsp3) is 0.500. The molecular weight excluding hydrogens is 266 g/mol. The summed E-state index contributed by atoms with van der Waals surface area (Å²) in [6.07, 6.45) is 5.05. The fourth-order valence-electron chi connectivity index (χ4n) is 2.68. The van der Waals surface area contributed by atoms with Crippen LogP contribution in [-0.2, 0) is 4.79 Å². The third-order valence-electron chi connectivity index (χ3n) is 3.81. The van der Waals surface area contributed by atoms with Crippen molar-refractivity contribution in [1.82, 2.24) is 0 Å². The lowest BCUT2D eigenvalue weighted by molar-refractivity contribution is -0.120. The van der Waals surface area contributed by atoms with Gasteiger partial charge in [0.2, 0.25) is 5.91 Å².